The van der Waals surface area contributed by atoms with Crippen LogP contribution in [0.5, 0.6) is 0 Å². The van der Waals surface area contributed by atoms with Crippen molar-refractivity contribution in [3.05, 3.63) is 56.5 Å². The number of unbranched alkanes of at least 4 members (excludes halogenated alkanes) is 1. The Balaban J connectivity index is 1.26. The fourth-order valence-electron chi connectivity index (χ4n) is 4.70. The Kier molecular flexibility index (Phi) is 8.92. The first-order valence-electron chi connectivity index (χ1n) is 12.4. The normalized spacial score (nSPS) is 17.3. The van der Waals surface area contributed by atoms with Crippen LogP contribution in [0.4, 0.5) is 0 Å². The number of hydrogen-bond donors (Lipinski definition) is 0. The molecule has 7 nitrogen and oxygen atoms in total. The molecule has 1 aromatic carbocycles. The highest BCUT2D eigenvalue weighted by molar-refractivity contribution is 7.99. The van der Waals surface area contributed by atoms with E-state index in [4.69, 9.17) is 26.1 Å². The summed E-state index contributed by atoms with van der Waals surface area (Å²) in [6, 6.07) is 7.60. The zero-order valence-corrected chi connectivity index (χ0v) is 22.1. The van der Waals surface area contributed by atoms with Gasteiger partial charge in [0.15, 0.2) is 10.9 Å². The highest BCUT2D eigenvalue weighted by atomic mass is 35.5. The number of hydrogen-bond acceptors (Lipinski definition) is 6. The molecule has 0 atom stereocenters. The van der Waals surface area contributed by atoms with E-state index in [1.165, 1.54) is 0 Å². The maximum atomic E-state index is 13.1. The van der Waals surface area contributed by atoms with Crippen molar-refractivity contribution >= 4 is 29.3 Å². The van der Waals surface area contributed by atoms with Gasteiger partial charge in [0.05, 0.1) is 18.9 Å². The third-order valence-corrected chi connectivity index (χ3v) is 8.09. The predicted octanol–water partition coefficient (Wildman–Crippen LogP) is 4.21. The van der Waals surface area contributed by atoms with Crippen LogP contribution >= 0.6 is 23.4 Å². The number of amides is 1. The Labute approximate surface area is 216 Å². The summed E-state index contributed by atoms with van der Waals surface area (Å²) in [5, 5.41) is 1.39. The van der Waals surface area contributed by atoms with Gasteiger partial charge in [-0.05, 0) is 37.0 Å². The van der Waals surface area contributed by atoms with Crippen molar-refractivity contribution in [1.29, 1.82) is 0 Å². The Morgan fingerprint density at radius 1 is 1.20 bits per heavy atom. The van der Waals surface area contributed by atoms with Crippen molar-refractivity contribution in [2.24, 2.45) is 7.05 Å². The lowest BCUT2D eigenvalue weighted by Crippen LogP contribution is -2.47. The minimum Gasteiger partial charge on any atom is -0.347 e. The molecule has 0 bridgehead atoms. The van der Waals surface area contributed by atoms with Gasteiger partial charge in [-0.2, -0.15) is 0 Å². The molecule has 190 valence electrons. The van der Waals surface area contributed by atoms with Crippen molar-refractivity contribution in [3.8, 4) is 0 Å². The molecule has 1 spiro atoms. The van der Waals surface area contributed by atoms with Gasteiger partial charge >= 0.3 is 0 Å². The number of carbonyl (C=O) groups is 1. The van der Waals surface area contributed by atoms with Crippen LogP contribution in [0.25, 0.3) is 0 Å². The van der Waals surface area contributed by atoms with Crippen molar-refractivity contribution in [1.82, 2.24) is 14.5 Å². The monoisotopic (exact) mass is 519 g/mol. The molecular formula is C26H34ClN3O4S. The number of rotatable bonds is 9. The summed E-state index contributed by atoms with van der Waals surface area (Å²) in [5.74, 6) is 0.569. The van der Waals surface area contributed by atoms with E-state index in [9.17, 15) is 9.59 Å². The average Bonchev–Trinajstić information content (AvgIpc) is 3.31. The van der Waals surface area contributed by atoms with E-state index in [-0.39, 0.29) is 11.5 Å². The molecule has 0 N–H and O–H groups in total. The van der Waals surface area contributed by atoms with E-state index in [0.717, 1.165) is 53.4 Å². The molecule has 2 fully saturated rings. The van der Waals surface area contributed by atoms with Crippen LogP contribution in [-0.2, 0) is 34.2 Å². The lowest BCUT2D eigenvalue weighted by atomic mass is 10.0. The maximum Gasteiger partial charge on any atom is 0.257 e. The molecule has 2 aliphatic rings. The highest BCUT2D eigenvalue weighted by Crippen LogP contribution is 2.31. The van der Waals surface area contributed by atoms with E-state index in [0.29, 0.717) is 50.6 Å². The minimum atomic E-state index is -0.447. The molecule has 0 saturated carbocycles. The number of thioether (sulfide) groups is 1. The van der Waals surface area contributed by atoms with Gasteiger partial charge in [0, 0.05) is 62.2 Å². The molecule has 0 unspecified atom stereocenters. The summed E-state index contributed by atoms with van der Waals surface area (Å²) in [5.41, 5.74) is 2.56. The van der Waals surface area contributed by atoms with Gasteiger partial charge in [-0.15, -0.1) is 0 Å². The number of likely N-dealkylation sites (tertiary alicyclic amines) is 1. The second-order valence-corrected chi connectivity index (χ2v) is 10.6. The molecule has 2 aromatic rings. The molecular weight excluding hydrogens is 486 g/mol. The van der Waals surface area contributed by atoms with E-state index in [1.807, 2.05) is 36.1 Å². The lowest BCUT2D eigenvalue weighted by molar-refractivity contribution is -0.187. The van der Waals surface area contributed by atoms with Crippen molar-refractivity contribution in [2.45, 2.75) is 62.8 Å². The molecule has 0 aliphatic carbocycles. The number of ether oxygens (including phenoxy) is 2. The molecule has 3 heterocycles. The number of piperidine rings is 1. The second-order valence-electron chi connectivity index (χ2n) is 9.14. The SMILES string of the molecule is CCc1nc(SCCCCC(=O)N2CCC3(CC2)OCCO3)n(C)c(=O)c1Cc1cccc(Cl)c1. The van der Waals surface area contributed by atoms with E-state index >= 15 is 0 Å². The van der Waals surface area contributed by atoms with Gasteiger partial charge in [-0.1, -0.05) is 42.4 Å². The van der Waals surface area contributed by atoms with Gasteiger partial charge in [0.25, 0.3) is 5.56 Å². The third-order valence-electron chi connectivity index (χ3n) is 6.74. The van der Waals surface area contributed by atoms with Crippen molar-refractivity contribution in [3.63, 3.8) is 0 Å². The predicted molar refractivity (Wildman–Crippen MR) is 138 cm³/mol. The van der Waals surface area contributed by atoms with Crippen LogP contribution in [0, 0.1) is 0 Å². The first-order chi connectivity index (χ1) is 16.9. The Morgan fingerprint density at radius 3 is 2.63 bits per heavy atom. The van der Waals surface area contributed by atoms with E-state index in [1.54, 1.807) is 23.4 Å². The largest absolute Gasteiger partial charge is 0.347 e. The first-order valence-corrected chi connectivity index (χ1v) is 13.8. The van der Waals surface area contributed by atoms with Crippen molar-refractivity contribution in [2.75, 3.05) is 32.1 Å². The maximum absolute atomic E-state index is 13.1. The first kappa shape index (κ1) is 26.2. The fourth-order valence-corrected chi connectivity index (χ4v) is 5.90. The molecule has 2 saturated heterocycles. The van der Waals surface area contributed by atoms with Crippen LogP contribution in [-0.4, -0.2) is 58.2 Å². The summed E-state index contributed by atoms with van der Waals surface area (Å²) in [6.07, 6.45) is 4.97. The minimum absolute atomic E-state index is 0.00686. The van der Waals surface area contributed by atoms with Crippen LogP contribution < -0.4 is 5.56 Å². The smallest absolute Gasteiger partial charge is 0.257 e. The zero-order chi connectivity index (χ0) is 24.8. The van der Waals surface area contributed by atoms with Crippen LogP contribution in [0.1, 0.15) is 55.8 Å². The van der Waals surface area contributed by atoms with Crippen LogP contribution in [0.2, 0.25) is 5.02 Å². The number of aromatic nitrogens is 2. The number of benzene rings is 1. The quantitative estimate of drug-likeness (QED) is 0.280. The summed E-state index contributed by atoms with van der Waals surface area (Å²) in [7, 11) is 1.78. The molecule has 4 rings (SSSR count). The molecule has 2 aliphatic heterocycles. The number of carbonyl (C=O) groups excluding carboxylic acids is 1. The van der Waals surface area contributed by atoms with Gasteiger partial charge in [-0.25, -0.2) is 4.98 Å². The number of halogens is 1. The van der Waals surface area contributed by atoms with Crippen LogP contribution in [0.15, 0.2) is 34.2 Å². The number of nitrogens with zero attached hydrogens (tertiary/aromatic N) is 3. The van der Waals surface area contributed by atoms with Gasteiger partial charge in [-0.3, -0.25) is 14.2 Å². The lowest BCUT2D eigenvalue weighted by Gasteiger charge is -2.37. The summed E-state index contributed by atoms with van der Waals surface area (Å²) >= 11 is 7.70. The summed E-state index contributed by atoms with van der Waals surface area (Å²) < 4.78 is 13.1. The average molecular weight is 520 g/mol. The molecule has 35 heavy (non-hydrogen) atoms. The highest BCUT2D eigenvalue weighted by Gasteiger charge is 2.40. The zero-order valence-electron chi connectivity index (χ0n) is 20.6. The van der Waals surface area contributed by atoms with E-state index in [2.05, 4.69) is 0 Å². The van der Waals surface area contributed by atoms with Gasteiger partial charge < -0.3 is 14.4 Å². The van der Waals surface area contributed by atoms with Gasteiger partial charge in [0.1, 0.15) is 0 Å². The summed E-state index contributed by atoms with van der Waals surface area (Å²) in [4.78, 5) is 32.4. The fraction of sp³-hybridized carbons (Fsp3) is 0.577. The van der Waals surface area contributed by atoms with Crippen LogP contribution in [0.3, 0.4) is 0 Å². The standard InChI is InChI=1S/C26H34ClN3O4S/c1-3-22-21(18-19-7-6-8-20(27)17-19)24(32)29(2)25(28-22)35-16-5-4-9-23(31)30-12-10-26(11-13-30)33-14-15-34-26/h6-8,17H,3-5,9-16,18H2,1-2H3. The molecule has 1 aromatic heterocycles. The van der Waals surface area contributed by atoms with E-state index < -0.39 is 5.79 Å². The molecule has 0 radical (unpaired) electrons. The Morgan fingerprint density at radius 2 is 1.94 bits per heavy atom. The second kappa shape index (κ2) is 11.9. The summed E-state index contributed by atoms with van der Waals surface area (Å²) in [6.45, 7) is 4.71. The topological polar surface area (TPSA) is 73.7 Å². The Bertz CT molecular complexity index is 1090. The van der Waals surface area contributed by atoms with Crippen molar-refractivity contribution < 1.29 is 14.3 Å². The third kappa shape index (κ3) is 6.47. The van der Waals surface area contributed by atoms with Gasteiger partial charge in [0.2, 0.25) is 5.91 Å². The molecule has 9 heteroatoms. The molecule has 1 amide bonds. The number of aryl methyl sites for hydroxylation is 1. The Hall–Kier alpha value is -1.87.